The zero-order chi connectivity index (χ0) is 24.9. The van der Waals surface area contributed by atoms with Gasteiger partial charge in [0, 0.05) is 25.9 Å². The van der Waals surface area contributed by atoms with Crippen LogP contribution in [-0.4, -0.2) is 54.1 Å². The summed E-state index contributed by atoms with van der Waals surface area (Å²) < 4.78 is 45.2. The van der Waals surface area contributed by atoms with Gasteiger partial charge in [-0.2, -0.15) is 5.10 Å². The number of carbonyl (C=O) groups excluding carboxylic acids is 1. The van der Waals surface area contributed by atoms with Crippen LogP contribution >= 0.6 is 0 Å². The quantitative estimate of drug-likeness (QED) is 0.360. The maximum absolute atomic E-state index is 14.7. The minimum absolute atomic E-state index is 0.00586. The first-order chi connectivity index (χ1) is 16.8. The summed E-state index contributed by atoms with van der Waals surface area (Å²) in [7, 11) is 1.76. The molecule has 4 aromatic rings. The Balaban J connectivity index is 1.58. The number of hydrogen-bond acceptors (Lipinski definition) is 5. The van der Waals surface area contributed by atoms with Crippen molar-refractivity contribution in [3.63, 3.8) is 0 Å². The molecule has 0 unspecified atom stereocenters. The van der Waals surface area contributed by atoms with E-state index < -0.39 is 30.2 Å². The maximum Gasteiger partial charge on any atom is 0.258 e. The first kappa shape index (κ1) is 22.5. The van der Waals surface area contributed by atoms with Crippen molar-refractivity contribution >= 4 is 33.7 Å². The van der Waals surface area contributed by atoms with Crippen molar-refractivity contribution in [1.29, 1.82) is 0 Å². The van der Waals surface area contributed by atoms with Crippen LogP contribution in [0.25, 0.3) is 21.9 Å². The number of fused-ring (bicyclic) bond motifs is 2. The van der Waals surface area contributed by atoms with Gasteiger partial charge < -0.3 is 15.2 Å². The molecule has 0 bridgehead atoms. The van der Waals surface area contributed by atoms with E-state index in [4.69, 9.17) is 5.73 Å². The van der Waals surface area contributed by atoms with Crippen molar-refractivity contribution in [3.8, 4) is 11.8 Å². The number of nitrogen functional groups attached to an aromatic ring is 1. The smallest absolute Gasteiger partial charge is 0.258 e. The molecule has 4 heterocycles. The van der Waals surface area contributed by atoms with E-state index >= 15 is 0 Å². The fraction of sp³-hybridized carbons (Fsp3) is 0.250. The molecule has 5 rings (SSSR count). The molecule has 2 atom stereocenters. The van der Waals surface area contributed by atoms with Crippen molar-refractivity contribution in [1.82, 2.24) is 29.2 Å². The number of imidazole rings is 1. The van der Waals surface area contributed by atoms with Gasteiger partial charge in [0.1, 0.15) is 17.3 Å². The van der Waals surface area contributed by atoms with Crippen molar-refractivity contribution < 1.29 is 18.0 Å². The van der Waals surface area contributed by atoms with Gasteiger partial charge in [-0.15, -0.1) is 0 Å². The predicted molar refractivity (Wildman–Crippen MR) is 124 cm³/mol. The van der Waals surface area contributed by atoms with Crippen molar-refractivity contribution in [3.05, 3.63) is 60.5 Å². The summed E-state index contributed by atoms with van der Waals surface area (Å²) in [6.07, 6.45) is 1.35. The fourth-order valence-corrected chi connectivity index (χ4v) is 4.48. The summed E-state index contributed by atoms with van der Waals surface area (Å²) >= 11 is 0. The van der Waals surface area contributed by atoms with Crippen LogP contribution in [-0.2, 0) is 11.8 Å². The second kappa shape index (κ2) is 8.47. The summed E-state index contributed by atoms with van der Waals surface area (Å²) in [5.74, 6) is 4.71. The third kappa shape index (κ3) is 3.77. The lowest BCUT2D eigenvalue weighted by molar-refractivity contribution is -0.129. The third-order valence-corrected chi connectivity index (χ3v) is 6.20. The van der Waals surface area contributed by atoms with Crippen LogP contribution in [0, 0.1) is 17.7 Å². The van der Waals surface area contributed by atoms with Gasteiger partial charge in [0.2, 0.25) is 5.91 Å². The zero-order valence-electron chi connectivity index (χ0n) is 18.6. The molecule has 1 aliphatic rings. The molecule has 178 valence electrons. The number of likely N-dealkylation sites (tertiary alicyclic amines) is 1. The number of carbonyl (C=O) groups is 1. The van der Waals surface area contributed by atoms with Crippen molar-refractivity contribution in [2.45, 2.75) is 24.9 Å². The number of nitrogens with two attached hydrogens (primary N) is 1. The number of amides is 1. The van der Waals surface area contributed by atoms with E-state index in [1.807, 2.05) is 0 Å². The Bertz CT molecular complexity index is 1550. The van der Waals surface area contributed by atoms with Crippen LogP contribution in [0.3, 0.4) is 0 Å². The van der Waals surface area contributed by atoms with Crippen LogP contribution < -0.4 is 5.73 Å². The van der Waals surface area contributed by atoms with Crippen LogP contribution in [0.2, 0.25) is 0 Å². The molecule has 1 aliphatic heterocycles. The molecule has 0 spiro atoms. The Hall–Kier alpha value is -4.33. The van der Waals surface area contributed by atoms with Gasteiger partial charge in [0.25, 0.3) is 6.43 Å². The Morgan fingerprint density at radius 3 is 2.83 bits per heavy atom. The molecule has 1 amide bonds. The van der Waals surface area contributed by atoms with E-state index in [0.717, 1.165) is 11.0 Å². The average molecular weight is 479 g/mol. The largest absolute Gasteiger partial charge is 0.383 e. The van der Waals surface area contributed by atoms with Crippen LogP contribution in [0.4, 0.5) is 19.0 Å². The molecular formula is C24H20F3N7O. The SMILES string of the molecule is C=CC(=O)N1C[C@@H](n2nc(C#Cc3cc4ncn(C)c4cc3F)c3c(N)nccc32)C[C@@H]1C(F)F. The Morgan fingerprint density at radius 1 is 1.29 bits per heavy atom. The summed E-state index contributed by atoms with van der Waals surface area (Å²) in [5, 5.41) is 4.96. The molecule has 3 aromatic heterocycles. The Kier molecular flexibility index (Phi) is 5.43. The van der Waals surface area contributed by atoms with Crippen molar-refractivity contribution in [2.75, 3.05) is 12.3 Å². The van der Waals surface area contributed by atoms with E-state index in [1.165, 1.54) is 12.3 Å². The number of pyridine rings is 1. The van der Waals surface area contributed by atoms with E-state index in [-0.39, 0.29) is 30.0 Å². The molecule has 8 nitrogen and oxygen atoms in total. The number of rotatable bonds is 3. The highest BCUT2D eigenvalue weighted by atomic mass is 19.3. The number of aromatic nitrogens is 5. The molecule has 1 aromatic carbocycles. The van der Waals surface area contributed by atoms with Gasteiger partial charge in [0.05, 0.1) is 45.9 Å². The Labute approximate surface area is 197 Å². The predicted octanol–water partition coefficient (Wildman–Crippen LogP) is 3.03. The molecular weight excluding hydrogens is 459 g/mol. The molecule has 11 heteroatoms. The highest BCUT2D eigenvalue weighted by molar-refractivity contribution is 5.93. The number of anilines is 1. The molecule has 2 N–H and O–H groups in total. The Morgan fingerprint density at radius 2 is 2.09 bits per heavy atom. The summed E-state index contributed by atoms with van der Waals surface area (Å²) in [4.78, 5) is 21.6. The minimum atomic E-state index is -2.72. The summed E-state index contributed by atoms with van der Waals surface area (Å²) in [6, 6.07) is 2.74. The first-order valence-electron chi connectivity index (χ1n) is 10.7. The highest BCUT2D eigenvalue weighted by Crippen LogP contribution is 2.34. The first-order valence-corrected chi connectivity index (χ1v) is 10.7. The van der Waals surface area contributed by atoms with Crippen LogP contribution in [0.5, 0.6) is 0 Å². The van der Waals surface area contributed by atoms with Gasteiger partial charge in [-0.1, -0.05) is 12.5 Å². The average Bonchev–Trinajstić information content (AvgIpc) is 3.53. The summed E-state index contributed by atoms with van der Waals surface area (Å²) in [6.45, 7) is 3.43. The number of nitrogens with zero attached hydrogens (tertiary/aromatic N) is 6. The lowest BCUT2D eigenvalue weighted by Gasteiger charge is -2.21. The van der Waals surface area contributed by atoms with Gasteiger partial charge >= 0.3 is 0 Å². The van der Waals surface area contributed by atoms with Gasteiger partial charge in [-0.05, 0) is 30.6 Å². The molecule has 0 radical (unpaired) electrons. The highest BCUT2D eigenvalue weighted by Gasteiger charge is 2.41. The minimum Gasteiger partial charge on any atom is -0.383 e. The summed E-state index contributed by atoms with van der Waals surface area (Å²) in [5.41, 5.74) is 8.21. The lowest BCUT2D eigenvalue weighted by atomic mass is 10.1. The molecule has 0 aliphatic carbocycles. The maximum atomic E-state index is 14.7. The topological polar surface area (TPSA) is 94.9 Å². The lowest BCUT2D eigenvalue weighted by Crippen LogP contribution is -2.38. The van der Waals surface area contributed by atoms with Crippen LogP contribution in [0.1, 0.15) is 23.7 Å². The van der Waals surface area contributed by atoms with Crippen LogP contribution in [0.15, 0.2) is 43.4 Å². The number of hydrogen-bond donors (Lipinski definition) is 1. The van der Waals surface area contributed by atoms with E-state index in [1.54, 1.807) is 34.8 Å². The molecule has 35 heavy (non-hydrogen) atoms. The molecule has 0 saturated carbocycles. The van der Waals surface area contributed by atoms with E-state index in [2.05, 4.69) is 33.5 Å². The zero-order valence-corrected chi connectivity index (χ0v) is 18.6. The number of benzene rings is 1. The second-order valence-corrected chi connectivity index (χ2v) is 8.30. The fourth-order valence-electron chi connectivity index (χ4n) is 4.48. The second-order valence-electron chi connectivity index (χ2n) is 8.30. The standard InChI is InChI=1S/C24H20F3N7O/c1-3-21(35)33-11-14(9-20(33)23(26)27)34-18-6-7-29-24(28)22(18)16(31-34)5-4-13-8-17-19(10-15(13)25)32(2)12-30-17/h3,6-8,10,12,14,20,23H,1,9,11H2,2H3,(H2,28,29)/t14-,20+/m0/s1. The van der Waals surface area contributed by atoms with Crippen molar-refractivity contribution in [2.24, 2.45) is 7.05 Å². The van der Waals surface area contributed by atoms with Gasteiger partial charge in [-0.3, -0.25) is 9.48 Å². The normalized spacial score (nSPS) is 17.8. The van der Waals surface area contributed by atoms with E-state index in [9.17, 15) is 18.0 Å². The number of aryl methyl sites for hydroxylation is 1. The number of alkyl halides is 2. The van der Waals surface area contributed by atoms with E-state index in [0.29, 0.717) is 21.9 Å². The third-order valence-electron chi connectivity index (χ3n) is 6.20. The molecule has 1 fully saturated rings. The number of halogens is 3. The van der Waals surface area contributed by atoms with Gasteiger partial charge in [-0.25, -0.2) is 23.1 Å². The molecule has 1 saturated heterocycles. The van der Waals surface area contributed by atoms with Gasteiger partial charge in [0.15, 0.2) is 0 Å². The monoisotopic (exact) mass is 479 g/mol.